The third-order valence-corrected chi connectivity index (χ3v) is 5.17. The van der Waals surface area contributed by atoms with Crippen LogP contribution in [-0.2, 0) is 30.9 Å². The molecule has 3 atom stereocenters. The highest BCUT2D eigenvalue weighted by Crippen LogP contribution is 2.48. The van der Waals surface area contributed by atoms with E-state index in [1.54, 1.807) is 0 Å². The van der Waals surface area contributed by atoms with Crippen LogP contribution >= 0.6 is 0 Å². The summed E-state index contributed by atoms with van der Waals surface area (Å²) in [6, 6.07) is 8.10. The molecule has 0 radical (unpaired) electrons. The zero-order valence-corrected chi connectivity index (χ0v) is 14.4. The van der Waals surface area contributed by atoms with Crippen molar-refractivity contribution in [2.24, 2.45) is 11.8 Å². The lowest BCUT2D eigenvalue weighted by atomic mass is 9.58. The van der Waals surface area contributed by atoms with Crippen molar-refractivity contribution < 1.29 is 19.1 Å². The second kappa shape index (κ2) is 7.16. The van der Waals surface area contributed by atoms with Gasteiger partial charge < -0.3 is 9.47 Å². The quantitative estimate of drug-likeness (QED) is 0.782. The van der Waals surface area contributed by atoms with Crippen molar-refractivity contribution in [2.45, 2.75) is 44.9 Å². The van der Waals surface area contributed by atoms with Gasteiger partial charge in [0.2, 0.25) is 0 Å². The highest BCUT2D eigenvalue weighted by atomic mass is 16.5. The van der Waals surface area contributed by atoms with Crippen LogP contribution in [0.15, 0.2) is 24.3 Å². The Morgan fingerprint density at radius 1 is 1.17 bits per heavy atom. The third kappa shape index (κ3) is 3.12. The molecule has 4 heteroatoms. The molecule has 2 rings (SSSR count). The predicted octanol–water partition coefficient (Wildman–Crippen LogP) is 3.27. The molecule has 23 heavy (non-hydrogen) atoms. The van der Waals surface area contributed by atoms with E-state index in [2.05, 4.69) is 19.9 Å². The van der Waals surface area contributed by atoms with E-state index in [9.17, 15) is 9.59 Å². The first-order valence-electron chi connectivity index (χ1n) is 8.23. The second-order valence-corrected chi connectivity index (χ2v) is 6.51. The fourth-order valence-corrected chi connectivity index (χ4v) is 3.98. The normalized spacial score (nSPS) is 26.3. The molecule has 0 heterocycles. The first-order valence-corrected chi connectivity index (χ1v) is 8.23. The third-order valence-electron chi connectivity index (χ3n) is 5.17. The molecule has 1 aliphatic rings. The summed E-state index contributed by atoms with van der Waals surface area (Å²) in [7, 11) is 2.76. The number of carbonyl (C=O) groups excluding carboxylic acids is 2. The maximum absolute atomic E-state index is 12.6. The summed E-state index contributed by atoms with van der Waals surface area (Å²) in [5.74, 6) is -1.67. The van der Waals surface area contributed by atoms with Crippen molar-refractivity contribution in [2.75, 3.05) is 14.2 Å². The molecule has 0 N–H and O–H groups in total. The van der Waals surface area contributed by atoms with Crippen molar-refractivity contribution in [3.63, 3.8) is 0 Å². The SMILES string of the molecule is CCCC[C@]1(C)c2ccccc2C[C@H](C(=O)OC)[C@H]1C(=O)OC. The van der Waals surface area contributed by atoms with Crippen LogP contribution in [0.1, 0.15) is 44.2 Å². The largest absolute Gasteiger partial charge is 0.469 e. The Bertz CT molecular complexity index is 580. The average molecular weight is 318 g/mol. The summed E-state index contributed by atoms with van der Waals surface area (Å²) in [6.45, 7) is 4.21. The minimum Gasteiger partial charge on any atom is -0.469 e. The van der Waals surface area contributed by atoms with E-state index in [-0.39, 0.29) is 11.9 Å². The van der Waals surface area contributed by atoms with Crippen molar-refractivity contribution in [1.29, 1.82) is 0 Å². The van der Waals surface area contributed by atoms with E-state index in [0.29, 0.717) is 6.42 Å². The first-order chi connectivity index (χ1) is 11.0. The van der Waals surface area contributed by atoms with Crippen LogP contribution in [0.3, 0.4) is 0 Å². The van der Waals surface area contributed by atoms with Crippen LogP contribution in [0, 0.1) is 11.8 Å². The van der Waals surface area contributed by atoms with Crippen molar-refractivity contribution >= 4 is 11.9 Å². The zero-order valence-electron chi connectivity index (χ0n) is 14.4. The molecule has 1 aromatic rings. The van der Waals surface area contributed by atoms with Gasteiger partial charge in [-0.2, -0.15) is 0 Å². The highest BCUT2D eigenvalue weighted by molar-refractivity contribution is 5.84. The molecule has 1 aliphatic carbocycles. The minimum absolute atomic E-state index is 0.325. The van der Waals surface area contributed by atoms with Crippen LogP contribution in [0.5, 0.6) is 0 Å². The lowest BCUT2D eigenvalue weighted by Crippen LogP contribution is -2.49. The van der Waals surface area contributed by atoms with Gasteiger partial charge in [0.25, 0.3) is 0 Å². The molecule has 0 amide bonds. The number of ether oxygens (including phenoxy) is 2. The fourth-order valence-electron chi connectivity index (χ4n) is 3.98. The van der Waals surface area contributed by atoms with Crippen LogP contribution in [0.4, 0.5) is 0 Å². The number of rotatable bonds is 5. The number of fused-ring (bicyclic) bond motifs is 1. The summed E-state index contributed by atoms with van der Waals surface area (Å²) >= 11 is 0. The van der Waals surface area contributed by atoms with Crippen molar-refractivity contribution in [1.82, 2.24) is 0 Å². The van der Waals surface area contributed by atoms with Gasteiger partial charge in [-0.15, -0.1) is 0 Å². The number of carbonyl (C=O) groups is 2. The topological polar surface area (TPSA) is 52.6 Å². The zero-order chi connectivity index (χ0) is 17.0. The minimum atomic E-state index is -0.513. The molecule has 0 aromatic heterocycles. The molecule has 0 bridgehead atoms. The Hall–Kier alpha value is -1.84. The van der Waals surface area contributed by atoms with E-state index in [1.165, 1.54) is 14.2 Å². The highest BCUT2D eigenvalue weighted by Gasteiger charge is 2.52. The number of methoxy groups -OCH3 is 2. The van der Waals surface area contributed by atoms with Gasteiger partial charge in [-0.25, -0.2) is 0 Å². The maximum atomic E-state index is 12.6. The van der Waals surface area contributed by atoms with Crippen LogP contribution in [-0.4, -0.2) is 26.2 Å². The van der Waals surface area contributed by atoms with Gasteiger partial charge in [-0.05, 0) is 24.0 Å². The monoisotopic (exact) mass is 318 g/mol. The van der Waals surface area contributed by atoms with Gasteiger partial charge in [0.15, 0.2) is 0 Å². The predicted molar refractivity (Wildman–Crippen MR) is 88.0 cm³/mol. The Kier molecular flexibility index (Phi) is 5.45. The molecule has 0 unspecified atom stereocenters. The Morgan fingerprint density at radius 3 is 2.43 bits per heavy atom. The maximum Gasteiger partial charge on any atom is 0.310 e. The Balaban J connectivity index is 2.58. The molecule has 1 aromatic carbocycles. The number of benzene rings is 1. The summed E-state index contributed by atoms with van der Waals surface area (Å²) in [4.78, 5) is 24.9. The molecule has 0 fully saturated rings. The molecular weight excluding hydrogens is 292 g/mol. The van der Waals surface area contributed by atoms with Gasteiger partial charge >= 0.3 is 11.9 Å². The summed E-state index contributed by atoms with van der Waals surface area (Å²) in [5.41, 5.74) is 1.86. The Labute approximate surface area is 138 Å². The van der Waals surface area contributed by atoms with Gasteiger partial charge in [0.1, 0.15) is 0 Å². The molecule has 0 saturated heterocycles. The van der Waals surface area contributed by atoms with E-state index in [0.717, 1.165) is 30.4 Å². The van der Waals surface area contributed by atoms with Gasteiger partial charge in [0, 0.05) is 5.41 Å². The van der Waals surface area contributed by atoms with Crippen LogP contribution < -0.4 is 0 Å². The van der Waals surface area contributed by atoms with Gasteiger partial charge in [-0.3, -0.25) is 9.59 Å². The van der Waals surface area contributed by atoms with Crippen LogP contribution in [0.25, 0.3) is 0 Å². The van der Waals surface area contributed by atoms with Crippen LogP contribution in [0.2, 0.25) is 0 Å². The summed E-state index contributed by atoms with van der Waals surface area (Å²) < 4.78 is 10.0. The molecule has 0 spiro atoms. The molecule has 0 aliphatic heterocycles. The molecule has 126 valence electrons. The lowest BCUT2D eigenvalue weighted by molar-refractivity contribution is -0.161. The average Bonchev–Trinajstić information content (AvgIpc) is 2.58. The van der Waals surface area contributed by atoms with E-state index >= 15 is 0 Å². The Morgan fingerprint density at radius 2 is 1.83 bits per heavy atom. The smallest absolute Gasteiger partial charge is 0.310 e. The number of hydrogen-bond donors (Lipinski definition) is 0. The summed E-state index contributed by atoms with van der Waals surface area (Å²) in [6.07, 6.45) is 3.39. The second-order valence-electron chi connectivity index (χ2n) is 6.51. The molecule has 4 nitrogen and oxygen atoms in total. The van der Waals surface area contributed by atoms with E-state index in [1.807, 2.05) is 18.2 Å². The summed E-state index contributed by atoms with van der Waals surface area (Å²) in [5, 5.41) is 0. The molecule has 0 saturated carbocycles. The first kappa shape index (κ1) is 17.5. The van der Waals surface area contributed by atoms with Gasteiger partial charge in [-0.1, -0.05) is 51.0 Å². The number of unbranched alkanes of at least 4 members (excludes halogenated alkanes) is 1. The van der Waals surface area contributed by atoms with Crippen molar-refractivity contribution in [3.8, 4) is 0 Å². The van der Waals surface area contributed by atoms with Crippen molar-refractivity contribution in [3.05, 3.63) is 35.4 Å². The van der Waals surface area contributed by atoms with E-state index in [4.69, 9.17) is 9.47 Å². The van der Waals surface area contributed by atoms with E-state index < -0.39 is 17.3 Å². The fraction of sp³-hybridized carbons (Fsp3) is 0.579. The van der Waals surface area contributed by atoms with Gasteiger partial charge in [0.05, 0.1) is 26.1 Å². The number of hydrogen-bond acceptors (Lipinski definition) is 4. The number of esters is 2. The standard InChI is InChI=1S/C19H26O4/c1-5-6-11-19(2)15-10-8-7-9-13(15)12-14(17(20)22-3)16(19)18(21)23-4/h7-10,14,16H,5-6,11-12H2,1-4H3/t14-,16-,19+/m0/s1. The molecular formula is C19H26O4. The lowest BCUT2D eigenvalue weighted by Gasteiger charge is -2.45.